The summed E-state index contributed by atoms with van der Waals surface area (Å²) in [6, 6.07) is 6.84. The molecule has 1 aliphatic heterocycles. The highest BCUT2D eigenvalue weighted by atomic mass is 32.2. The van der Waals surface area contributed by atoms with Gasteiger partial charge < -0.3 is 10.4 Å². The zero-order valence-electron chi connectivity index (χ0n) is 11.7. The molecule has 0 bridgehead atoms. The standard InChI is InChI=1S/C15H19NO3S2/c17-14(9-13-10-20-6-7-21-13)16-5-4-11-2-1-3-12(8-11)15(18)19/h1-3,8,13H,4-7,9-10H2,(H,16,17)(H,18,19). The zero-order valence-corrected chi connectivity index (χ0v) is 13.3. The largest absolute Gasteiger partial charge is 0.478 e. The summed E-state index contributed by atoms with van der Waals surface area (Å²) in [6.07, 6.45) is 1.23. The molecule has 1 aromatic rings. The summed E-state index contributed by atoms with van der Waals surface area (Å²) in [7, 11) is 0. The molecule has 1 atom stereocenters. The third-order valence-corrected chi connectivity index (χ3v) is 6.05. The van der Waals surface area contributed by atoms with Crippen molar-refractivity contribution in [1.29, 1.82) is 0 Å². The Morgan fingerprint density at radius 3 is 2.90 bits per heavy atom. The van der Waals surface area contributed by atoms with Crippen LogP contribution in [0.4, 0.5) is 0 Å². The lowest BCUT2D eigenvalue weighted by Crippen LogP contribution is -2.30. The quantitative estimate of drug-likeness (QED) is 0.840. The zero-order chi connectivity index (χ0) is 15.1. The lowest BCUT2D eigenvalue weighted by molar-refractivity contribution is -0.120. The summed E-state index contributed by atoms with van der Waals surface area (Å²) in [5.41, 5.74) is 1.22. The number of carboxylic acids is 1. The normalized spacial score (nSPS) is 18.2. The Labute approximate surface area is 133 Å². The van der Waals surface area contributed by atoms with E-state index in [9.17, 15) is 9.59 Å². The number of amides is 1. The van der Waals surface area contributed by atoms with Crippen molar-refractivity contribution in [3.63, 3.8) is 0 Å². The fourth-order valence-electron chi connectivity index (χ4n) is 2.14. The van der Waals surface area contributed by atoms with Gasteiger partial charge in [0.25, 0.3) is 0 Å². The Kier molecular flexibility index (Phi) is 6.45. The average Bonchev–Trinajstić information content (AvgIpc) is 2.48. The van der Waals surface area contributed by atoms with Crippen molar-refractivity contribution < 1.29 is 14.7 Å². The highest BCUT2D eigenvalue weighted by Gasteiger charge is 2.17. The SMILES string of the molecule is O=C(CC1CSCCS1)NCCc1cccc(C(=O)O)c1. The van der Waals surface area contributed by atoms with Crippen LogP contribution in [0.15, 0.2) is 24.3 Å². The molecule has 1 aromatic carbocycles. The first kappa shape index (κ1) is 16.2. The summed E-state index contributed by atoms with van der Waals surface area (Å²) >= 11 is 3.79. The molecule has 2 rings (SSSR count). The Balaban J connectivity index is 1.72. The van der Waals surface area contributed by atoms with Gasteiger partial charge in [0.1, 0.15) is 0 Å². The fraction of sp³-hybridized carbons (Fsp3) is 0.467. The van der Waals surface area contributed by atoms with E-state index < -0.39 is 5.97 Å². The summed E-state index contributed by atoms with van der Waals surface area (Å²) in [5, 5.41) is 12.3. The minimum atomic E-state index is -0.923. The van der Waals surface area contributed by atoms with Crippen molar-refractivity contribution in [2.75, 3.05) is 23.8 Å². The van der Waals surface area contributed by atoms with Gasteiger partial charge in [0.15, 0.2) is 0 Å². The lowest BCUT2D eigenvalue weighted by atomic mass is 10.1. The first-order valence-electron chi connectivity index (χ1n) is 6.93. The number of benzene rings is 1. The highest BCUT2D eigenvalue weighted by molar-refractivity contribution is 8.06. The molecular weight excluding hydrogens is 306 g/mol. The van der Waals surface area contributed by atoms with Crippen LogP contribution < -0.4 is 5.32 Å². The van der Waals surface area contributed by atoms with Gasteiger partial charge in [0.05, 0.1) is 5.56 Å². The van der Waals surface area contributed by atoms with E-state index in [-0.39, 0.29) is 11.5 Å². The summed E-state index contributed by atoms with van der Waals surface area (Å²) < 4.78 is 0. The van der Waals surface area contributed by atoms with Gasteiger partial charge >= 0.3 is 5.97 Å². The number of rotatable bonds is 6. The van der Waals surface area contributed by atoms with Crippen molar-refractivity contribution >= 4 is 35.4 Å². The molecule has 114 valence electrons. The molecule has 0 aliphatic carbocycles. The van der Waals surface area contributed by atoms with Gasteiger partial charge in [0, 0.05) is 35.5 Å². The van der Waals surface area contributed by atoms with Gasteiger partial charge in [-0.2, -0.15) is 23.5 Å². The fourth-order valence-corrected chi connectivity index (χ4v) is 4.82. The Bertz CT molecular complexity index is 501. The van der Waals surface area contributed by atoms with Gasteiger partial charge in [-0.1, -0.05) is 12.1 Å². The van der Waals surface area contributed by atoms with E-state index in [0.717, 1.165) is 17.1 Å². The lowest BCUT2D eigenvalue weighted by Gasteiger charge is -2.20. The summed E-state index contributed by atoms with van der Waals surface area (Å²) in [5.74, 6) is 2.53. The third kappa shape index (κ3) is 5.63. The maximum Gasteiger partial charge on any atom is 0.335 e. The number of carbonyl (C=O) groups is 2. The van der Waals surface area contributed by atoms with Crippen molar-refractivity contribution in [3.05, 3.63) is 35.4 Å². The average molecular weight is 325 g/mol. The van der Waals surface area contributed by atoms with Crippen LogP contribution in [0.25, 0.3) is 0 Å². The maximum atomic E-state index is 11.8. The van der Waals surface area contributed by atoms with Gasteiger partial charge in [-0.05, 0) is 24.1 Å². The van der Waals surface area contributed by atoms with E-state index in [1.807, 2.05) is 29.6 Å². The van der Waals surface area contributed by atoms with Gasteiger partial charge in [-0.3, -0.25) is 4.79 Å². The Morgan fingerprint density at radius 2 is 2.19 bits per heavy atom. The topological polar surface area (TPSA) is 66.4 Å². The van der Waals surface area contributed by atoms with Gasteiger partial charge in [0.2, 0.25) is 5.91 Å². The molecule has 0 aromatic heterocycles. The van der Waals surface area contributed by atoms with Crippen molar-refractivity contribution in [3.8, 4) is 0 Å². The minimum Gasteiger partial charge on any atom is -0.478 e. The van der Waals surface area contributed by atoms with Crippen LogP contribution in [0.3, 0.4) is 0 Å². The van der Waals surface area contributed by atoms with Crippen LogP contribution in [0.5, 0.6) is 0 Å². The maximum absolute atomic E-state index is 11.8. The highest BCUT2D eigenvalue weighted by Crippen LogP contribution is 2.26. The molecule has 0 radical (unpaired) electrons. The molecule has 1 amide bonds. The monoisotopic (exact) mass is 325 g/mol. The van der Waals surface area contributed by atoms with Crippen LogP contribution in [0.2, 0.25) is 0 Å². The first-order chi connectivity index (χ1) is 10.1. The smallest absolute Gasteiger partial charge is 0.335 e. The minimum absolute atomic E-state index is 0.0874. The van der Waals surface area contributed by atoms with E-state index in [1.165, 1.54) is 5.75 Å². The molecule has 0 saturated carbocycles. The number of aromatic carboxylic acids is 1. The molecule has 4 nitrogen and oxygen atoms in total. The van der Waals surface area contributed by atoms with Crippen molar-refractivity contribution in [1.82, 2.24) is 5.32 Å². The number of carbonyl (C=O) groups excluding carboxylic acids is 1. The van der Waals surface area contributed by atoms with E-state index in [1.54, 1.807) is 18.2 Å². The van der Waals surface area contributed by atoms with Gasteiger partial charge in [-0.15, -0.1) is 0 Å². The summed E-state index contributed by atoms with van der Waals surface area (Å²) in [4.78, 5) is 22.7. The van der Waals surface area contributed by atoms with E-state index in [0.29, 0.717) is 24.6 Å². The van der Waals surface area contributed by atoms with Crippen LogP contribution in [0, 0.1) is 0 Å². The van der Waals surface area contributed by atoms with Crippen LogP contribution in [-0.2, 0) is 11.2 Å². The van der Waals surface area contributed by atoms with Crippen LogP contribution >= 0.6 is 23.5 Å². The van der Waals surface area contributed by atoms with E-state index in [2.05, 4.69) is 5.32 Å². The molecule has 1 aliphatic rings. The molecule has 2 N–H and O–H groups in total. The van der Waals surface area contributed by atoms with Crippen molar-refractivity contribution in [2.45, 2.75) is 18.1 Å². The second kappa shape index (κ2) is 8.34. The molecule has 1 saturated heterocycles. The Hall–Kier alpha value is -1.14. The molecule has 0 spiro atoms. The molecule has 1 fully saturated rings. The number of thioether (sulfide) groups is 2. The molecule has 6 heteroatoms. The number of hydrogen-bond donors (Lipinski definition) is 2. The molecule has 1 heterocycles. The Morgan fingerprint density at radius 1 is 1.33 bits per heavy atom. The molecular formula is C15H19NO3S2. The van der Waals surface area contributed by atoms with Crippen LogP contribution in [-0.4, -0.2) is 46.0 Å². The number of carboxylic acid groups (broad SMARTS) is 1. The third-order valence-electron chi connectivity index (χ3n) is 3.21. The second-order valence-electron chi connectivity index (χ2n) is 4.88. The van der Waals surface area contributed by atoms with Crippen molar-refractivity contribution in [2.24, 2.45) is 0 Å². The number of hydrogen-bond acceptors (Lipinski definition) is 4. The predicted molar refractivity (Wildman–Crippen MR) is 88.3 cm³/mol. The van der Waals surface area contributed by atoms with E-state index in [4.69, 9.17) is 5.11 Å². The predicted octanol–water partition coefficient (Wildman–Crippen LogP) is 2.28. The summed E-state index contributed by atoms with van der Waals surface area (Å²) in [6.45, 7) is 0.548. The molecule has 21 heavy (non-hydrogen) atoms. The van der Waals surface area contributed by atoms with Crippen LogP contribution in [0.1, 0.15) is 22.3 Å². The second-order valence-corrected chi connectivity index (χ2v) is 7.44. The number of nitrogens with one attached hydrogen (secondary N) is 1. The molecule has 1 unspecified atom stereocenters. The first-order valence-corrected chi connectivity index (χ1v) is 9.14. The van der Waals surface area contributed by atoms with E-state index >= 15 is 0 Å². The van der Waals surface area contributed by atoms with Gasteiger partial charge in [-0.25, -0.2) is 4.79 Å².